The summed E-state index contributed by atoms with van der Waals surface area (Å²) in [5.41, 5.74) is 1.40. The summed E-state index contributed by atoms with van der Waals surface area (Å²) >= 11 is 0. The second kappa shape index (κ2) is 8.34. The van der Waals surface area contributed by atoms with Gasteiger partial charge in [0, 0.05) is 13.2 Å². The van der Waals surface area contributed by atoms with Crippen molar-refractivity contribution >= 4 is 0 Å². The Morgan fingerprint density at radius 2 is 0.880 bits per heavy atom. The molecule has 7 nitrogen and oxygen atoms in total. The lowest BCUT2D eigenvalue weighted by Crippen LogP contribution is -2.00. The lowest BCUT2D eigenvalue weighted by molar-refractivity contribution is 0.129. The quantitative estimate of drug-likeness (QED) is 0.318. The van der Waals surface area contributed by atoms with Crippen LogP contribution >= 0.6 is 0 Å². The molecular weight excluding hydrogens is 328 g/mol. The van der Waals surface area contributed by atoms with Crippen LogP contribution in [0.1, 0.15) is 24.0 Å². The van der Waals surface area contributed by atoms with Crippen LogP contribution in [-0.2, 0) is 17.6 Å². The molecule has 2 aromatic rings. The van der Waals surface area contributed by atoms with E-state index >= 15 is 0 Å². The van der Waals surface area contributed by atoms with E-state index in [9.17, 15) is 30.6 Å². The molecule has 6 N–H and O–H groups in total. The molecule has 25 heavy (non-hydrogen) atoms. The summed E-state index contributed by atoms with van der Waals surface area (Å²) in [5.74, 6) is -2.45. The van der Waals surface area contributed by atoms with E-state index in [1.54, 1.807) is 0 Å². The topological polar surface area (TPSA) is 131 Å². The van der Waals surface area contributed by atoms with Crippen LogP contribution in [0, 0.1) is 0 Å². The van der Waals surface area contributed by atoms with E-state index in [2.05, 4.69) is 0 Å². The molecule has 136 valence electrons. The zero-order chi connectivity index (χ0) is 18.4. The zero-order valence-electron chi connectivity index (χ0n) is 13.6. The van der Waals surface area contributed by atoms with E-state index in [1.807, 2.05) is 0 Å². The summed E-state index contributed by atoms with van der Waals surface area (Å²) in [6.45, 7) is 0.989. The first-order valence-corrected chi connectivity index (χ1v) is 7.94. The molecular formula is C18H22O7. The number of aryl methyl sites for hydroxylation is 2. The van der Waals surface area contributed by atoms with Crippen LogP contribution in [0.5, 0.6) is 34.5 Å². The minimum atomic E-state index is -0.522. The third kappa shape index (κ3) is 5.09. The van der Waals surface area contributed by atoms with Gasteiger partial charge in [-0.3, -0.25) is 0 Å². The number of benzene rings is 2. The highest BCUT2D eigenvalue weighted by atomic mass is 16.5. The predicted molar refractivity (Wildman–Crippen MR) is 90.3 cm³/mol. The second-order valence-corrected chi connectivity index (χ2v) is 5.78. The molecule has 0 atom stereocenters. The minimum absolute atomic E-state index is 0.351. The Morgan fingerprint density at radius 1 is 0.560 bits per heavy atom. The third-order valence-corrected chi connectivity index (χ3v) is 3.77. The van der Waals surface area contributed by atoms with E-state index < -0.39 is 11.5 Å². The molecule has 0 aliphatic heterocycles. The number of phenolic OH excluding ortho intramolecular Hbond substituents is 6. The SMILES string of the molecule is Oc1cc(CCCOCCCc2cc(O)c(O)c(O)c2)cc(O)c1O. The van der Waals surface area contributed by atoms with Crippen molar-refractivity contribution in [1.82, 2.24) is 0 Å². The number of hydrogen-bond acceptors (Lipinski definition) is 7. The summed E-state index contributed by atoms with van der Waals surface area (Å²) in [7, 11) is 0. The molecule has 0 saturated carbocycles. The molecule has 0 amide bonds. The van der Waals surface area contributed by atoms with Crippen molar-refractivity contribution in [3.8, 4) is 34.5 Å². The first-order valence-electron chi connectivity index (χ1n) is 7.94. The van der Waals surface area contributed by atoms with Gasteiger partial charge in [0.15, 0.2) is 34.5 Å². The first-order chi connectivity index (χ1) is 11.9. The summed E-state index contributed by atoms with van der Waals surface area (Å²) in [5, 5.41) is 56.2. The number of rotatable bonds is 8. The highest BCUT2D eigenvalue weighted by Gasteiger charge is 2.09. The van der Waals surface area contributed by atoms with Crippen LogP contribution < -0.4 is 0 Å². The van der Waals surface area contributed by atoms with Crippen molar-refractivity contribution < 1.29 is 35.4 Å². The Balaban J connectivity index is 1.66. The van der Waals surface area contributed by atoms with Gasteiger partial charge in [-0.05, 0) is 61.1 Å². The molecule has 0 bridgehead atoms. The van der Waals surface area contributed by atoms with Gasteiger partial charge in [-0.1, -0.05) is 0 Å². The third-order valence-electron chi connectivity index (χ3n) is 3.77. The Morgan fingerprint density at radius 3 is 1.20 bits per heavy atom. The van der Waals surface area contributed by atoms with Crippen molar-refractivity contribution in [2.24, 2.45) is 0 Å². The lowest BCUT2D eigenvalue weighted by Gasteiger charge is -2.08. The van der Waals surface area contributed by atoms with Crippen molar-refractivity contribution in [3.63, 3.8) is 0 Å². The summed E-state index contributed by atoms with van der Waals surface area (Å²) in [4.78, 5) is 0. The number of ether oxygens (including phenoxy) is 1. The van der Waals surface area contributed by atoms with Gasteiger partial charge < -0.3 is 35.4 Å². The van der Waals surface area contributed by atoms with E-state index in [1.165, 1.54) is 24.3 Å². The summed E-state index contributed by atoms with van der Waals surface area (Å²) < 4.78 is 5.50. The smallest absolute Gasteiger partial charge is 0.200 e. The Labute approximate surface area is 145 Å². The van der Waals surface area contributed by atoms with Gasteiger partial charge in [-0.2, -0.15) is 0 Å². The maximum atomic E-state index is 9.43. The maximum Gasteiger partial charge on any atom is 0.200 e. The molecule has 2 aromatic carbocycles. The van der Waals surface area contributed by atoms with Crippen molar-refractivity contribution in [1.29, 1.82) is 0 Å². The fourth-order valence-electron chi connectivity index (χ4n) is 2.47. The summed E-state index contributed by atoms with van der Waals surface area (Å²) in [6.07, 6.45) is 2.54. The van der Waals surface area contributed by atoms with Gasteiger partial charge in [-0.25, -0.2) is 0 Å². The van der Waals surface area contributed by atoms with Gasteiger partial charge in [0.1, 0.15) is 0 Å². The van der Waals surface area contributed by atoms with E-state index in [-0.39, 0.29) is 23.0 Å². The Hall–Kier alpha value is -2.80. The van der Waals surface area contributed by atoms with Crippen molar-refractivity contribution in [2.75, 3.05) is 13.2 Å². The average Bonchev–Trinajstić information content (AvgIpc) is 2.56. The van der Waals surface area contributed by atoms with Crippen LogP contribution in [0.15, 0.2) is 24.3 Å². The van der Waals surface area contributed by atoms with E-state index in [0.29, 0.717) is 50.0 Å². The molecule has 0 unspecified atom stereocenters. The largest absolute Gasteiger partial charge is 0.504 e. The molecule has 0 heterocycles. The minimum Gasteiger partial charge on any atom is -0.504 e. The van der Waals surface area contributed by atoms with Crippen LogP contribution in [0.2, 0.25) is 0 Å². The fourth-order valence-corrected chi connectivity index (χ4v) is 2.47. The highest BCUT2D eigenvalue weighted by Crippen LogP contribution is 2.36. The molecule has 7 heteroatoms. The number of hydrogen-bond donors (Lipinski definition) is 6. The molecule has 0 radical (unpaired) electrons. The lowest BCUT2D eigenvalue weighted by atomic mass is 10.1. The first kappa shape index (κ1) is 18.5. The number of phenols is 6. The Bertz CT molecular complexity index is 620. The monoisotopic (exact) mass is 350 g/mol. The highest BCUT2D eigenvalue weighted by molar-refractivity contribution is 5.51. The van der Waals surface area contributed by atoms with Crippen LogP contribution in [0.25, 0.3) is 0 Å². The predicted octanol–water partition coefficient (Wildman–Crippen LogP) is 2.50. The average molecular weight is 350 g/mol. The molecule has 0 aliphatic carbocycles. The van der Waals surface area contributed by atoms with Gasteiger partial charge in [-0.15, -0.1) is 0 Å². The second-order valence-electron chi connectivity index (χ2n) is 5.78. The molecule has 0 aliphatic rings. The molecule has 0 spiro atoms. The van der Waals surface area contributed by atoms with E-state index in [0.717, 1.165) is 0 Å². The standard InChI is InChI=1S/C18H22O7/c19-13-7-11(8-14(20)17(13)23)3-1-5-25-6-2-4-12-9-15(21)18(24)16(22)10-12/h7-10,19-24H,1-6H2. The van der Waals surface area contributed by atoms with Gasteiger partial charge >= 0.3 is 0 Å². The van der Waals surface area contributed by atoms with Crippen LogP contribution in [0.3, 0.4) is 0 Å². The van der Waals surface area contributed by atoms with E-state index in [4.69, 9.17) is 4.74 Å². The van der Waals surface area contributed by atoms with Gasteiger partial charge in [0.25, 0.3) is 0 Å². The molecule has 2 rings (SSSR count). The van der Waals surface area contributed by atoms with Crippen molar-refractivity contribution in [2.45, 2.75) is 25.7 Å². The van der Waals surface area contributed by atoms with Gasteiger partial charge in [0.2, 0.25) is 0 Å². The zero-order valence-corrected chi connectivity index (χ0v) is 13.6. The summed E-state index contributed by atoms with van der Waals surface area (Å²) in [6, 6.07) is 5.61. The van der Waals surface area contributed by atoms with Crippen LogP contribution in [0.4, 0.5) is 0 Å². The van der Waals surface area contributed by atoms with Crippen molar-refractivity contribution in [3.05, 3.63) is 35.4 Å². The normalized spacial score (nSPS) is 10.9. The maximum absolute atomic E-state index is 9.43. The molecule has 0 saturated heterocycles. The number of aromatic hydroxyl groups is 6. The van der Waals surface area contributed by atoms with Gasteiger partial charge in [0.05, 0.1) is 0 Å². The van der Waals surface area contributed by atoms with Crippen LogP contribution in [-0.4, -0.2) is 43.9 Å². The Kier molecular flexibility index (Phi) is 6.19. The fraction of sp³-hybridized carbons (Fsp3) is 0.333. The molecule has 0 aromatic heterocycles. The molecule has 0 fully saturated rings.